The van der Waals surface area contributed by atoms with Crippen molar-refractivity contribution in [2.24, 2.45) is 0 Å². The summed E-state index contributed by atoms with van der Waals surface area (Å²) in [6, 6.07) is 17.7. The Bertz CT molecular complexity index is 1340. The van der Waals surface area contributed by atoms with Gasteiger partial charge in [-0.1, -0.05) is 70.7 Å². The Morgan fingerprint density at radius 2 is 1.33 bits per heavy atom. The molecular weight excluding hydrogens is 589 g/mol. The lowest BCUT2D eigenvalue weighted by Gasteiger charge is -2.19. The van der Waals surface area contributed by atoms with Crippen LogP contribution in [0.5, 0.6) is 0 Å². The van der Waals surface area contributed by atoms with E-state index in [0.717, 1.165) is 31.8 Å². The van der Waals surface area contributed by atoms with E-state index in [1.807, 2.05) is 44.5 Å². The number of rotatable bonds is 21. The molecule has 0 bridgehead atoms. The van der Waals surface area contributed by atoms with Crippen LogP contribution in [0.4, 0.5) is 11.4 Å². The smallest absolute Gasteiger partial charge is 0.168 e. The van der Waals surface area contributed by atoms with Gasteiger partial charge in [0, 0.05) is 67.8 Å². The van der Waals surface area contributed by atoms with E-state index in [0.29, 0.717) is 0 Å². The van der Waals surface area contributed by atoms with E-state index in [1.165, 1.54) is 70.2 Å². The Kier molecular flexibility index (Phi) is 16.7. The molecule has 0 fully saturated rings. The highest BCUT2D eigenvalue weighted by atomic mass is 33.1. The first-order valence-electron chi connectivity index (χ1n) is 16.3. The van der Waals surface area contributed by atoms with Crippen LogP contribution in [-0.4, -0.2) is 63.1 Å². The highest BCUT2D eigenvalue weighted by Crippen LogP contribution is 2.24. The van der Waals surface area contributed by atoms with Gasteiger partial charge in [-0.3, -0.25) is 4.90 Å². The van der Waals surface area contributed by atoms with E-state index < -0.39 is 0 Å². The highest BCUT2D eigenvalue weighted by molar-refractivity contribution is 8.76. The number of hydrogen-bond donors (Lipinski definition) is 1. The minimum Gasteiger partial charge on any atom is -0.375 e. The summed E-state index contributed by atoms with van der Waals surface area (Å²) in [5.41, 5.74) is 7.22. The fourth-order valence-electron chi connectivity index (χ4n) is 4.67. The van der Waals surface area contributed by atoms with E-state index in [4.69, 9.17) is 0 Å². The molecule has 3 rings (SSSR count). The van der Waals surface area contributed by atoms with E-state index in [-0.39, 0.29) is 0 Å². The molecule has 0 spiro atoms. The SMILES string of the molecule is C=C(/C=C\[N+](=C)CC)/C=C/c1ccc(N(C)CCCCSSCCCCN(C)c2ccc(/C=C/C3=C[NH+](CC)C=C3)cc2)cc1. The van der Waals surface area contributed by atoms with Gasteiger partial charge in [0.1, 0.15) is 19.5 Å². The molecule has 4 nitrogen and oxygen atoms in total. The summed E-state index contributed by atoms with van der Waals surface area (Å²) in [5, 5.41) is 0. The molecule has 1 unspecified atom stereocenters. The van der Waals surface area contributed by atoms with Crippen molar-refractivity contribution in [1.29, 1.82) is 0 Å². The van der Waals surface area contributed by atoms with Crippen LogP contribution >= 0.6 is 21.6 Å². The number of allylic oxidation sites excluding steroid dienone is 6. The van der Waals surface area contributed by atoms with Crippen molar-refractivity contribution in [1.82, 2.24) is 0 Å². The second-order valence-electron chi connectivity index (χ2n) is 11.5. The summed E-state index contributed by atoms with van der Waals surface area (Å²) in [6.07, 6.45) is 24.1. The van der Waals surface area contributed by atoms with Gasteiger partial charge in [-0.15, -0.1) is 0 Å². The monoisotopic (exact) mass is 642 g/mol. The van der Waals surface area contributed by atoms with Crippen LogP contribution in [0.1, 0.15) is 50.7 Å². The van der Waals surface area contributed by atoms with Crippen LogP contribution in [0.3, 0.4) is 0 Å². The Morgan fingerprint density at radius 3 is 1.84 bits per heavy atom. The number of nitrogens with zero attached hydrogens (tertiary/aromatic N) is 3. The maximum atomic E-state index is 4.08. The lowest BCUT2D eigenvalue weighted by Crippen LogP contribution is -3.01. The molecule has 0 aliphatic carbocycles. The molecule has 1 atom stereocenters. The van der Waals surface area contributed by atoms with E-state index in [2.05, 4.69) is 136 Å². The van der Waals surface area contributed by atoms with Crippen molar-refractivity contribution in [2.45, 2.75) is 39.5 Å². The lowest BCUT2D eigenvalue weighted by molar-refractivity contribution is -0.785. The summed E-state index contributed by atoms with van der Waals surface area (Å²) in [6.45, 7) is 16.4. The standard InChI is InChI=1S/C39H53N4S2/c1-7-40(4)29-25-34(3)13-14-35-17-21-38(22-18-35)41(5)27-9-11-31-44-45-32-12-10-28-42(6)39-23-19-36(20-24-39)15-16-37-26-30-43(8-2)33-37/h13-26,29-30,33H,3-4,7-12,27-28,31-32H2,1-2,5-6H3/q+1/p+1/b14-13+,16-15+,29-25-. The summed E-state index contributed by atoms with van der Waals surface area (Å²) in [5.74, 6) is 2.44. The Balaban J connectivity index is 1.21. The normalized spacial score (nSPS) is 14.6. The molecule has 2 aromatic carbocycles. The maximum Gasteiger partial charge on any atom is 0.168 e. The summed E-state index contributed by atoms with van der Waals surface area (Å²) in [7, 11) is 8.45. The Morgan fingerprint density at radius 1 is 0.778 bits per heavy atom. The molecule has 1 N–H and O–H groups in total. The Hall–Kier alpha value is -3.19. The molecule has 1 heterocycles. The molecule has 0 amide bonds. The quantitative estimate of drug-likeness (QED) is 0.0484. The fourth-order valence-corrected chi connectivity index (χ4v) is 6.96. The molecule has 0 aromatic heterocycles. The second-order valence-corrected chi connectivity index (χ2v) is 14.2. The van der Waals surface area contributed by atoms with Crippen molar-refractivity contribution in [3.63, 3.8) is 0 Å². The van der Waals surface area contributed by atoms with Gasteiger partial charge in [-0.25, -0.2) is 4.58 Å². The minimum absolute atomic E-state index is 0.880. The zero-order valence-electron chi connectivity index (χ0n) is 28.0. The van der Waals surface area contributed by atoms with Crippen molar-refractivity contribution >= 4 is 51.8 Å². The first-order chi connectivity index (χ1) is 21.9. The topological polar surface area (TPSA) is 13.9 Å². The first kappa shape index (κ1) is 36.3. The van der Waals surface area contributed by atoms with Crippen molar-refractivity contribution in [2.75, 3.05) is 61.6 Å². The summed E-state index contributed by atoms with van der Waals surface area (Å²) < 4.78 is 1.89. The minimum atomic E-state index is 0.880. The van der Waals surface area contributed by atoms with E-state index in [9.17, 15) is 0 Å². The molecule has 0 radical (unpaired) electrons. The molecular formula is C39H54N4S2+2. The second kappa shape index (κ2) is 20.8. The van der Waals surface area contributed by atoms with Crippen LogP contribution in [0.15, 0.2) is 109 Å². The number of hydrogen-bond acceptors (Lipinski definition) is 4. The van der Waals surface area contributed by atoms with Crippen molar-refractivity contribution in [3.8, 4) is 0 Å². The fraction of sp³-hybridized carbons (Fsp3) is 0.359. The van der Waals surface area contributed by atoms with Gasteiger partial charge in [0.15, 0.2) is 6.20 Å². The van der Waals surface area contributed by atoms with Crippen LogP contribution in [0.25, 0.3) is 12.2 Å². The average molecular weight is 643 g/mol. The third-order valence-corrected chi connectivity index (χ3v) is 10.4. The zero-order chi connectivity index (χ0) is 32.3. The van der Waals surface area contributed by atoms with Gasteiger partial charge < -0.3 is 9.80 Å². The molecule has 1 aliphatic heterocycles. The molecule has 0 saturated heterocycles. The molecule has 45 heavy (non-hydrogen) atoms. The number of anilines is 2. The third kappa shape index (κ3) is 14.2. The largest absolute Gasteiger partial charge is 0.375 e. The van der Waals surface area contributed by atoms with Crippen molar-refractivity contribution in [3.05, 3.63) is 120 Å². The van der Waals surface area contributed by atoms with Gasteiger partial charge in [0.05, 0.1) is 12.7 Å². The van der Waals surface area contributed by atoms with Crippen molar-refractivity contribution < 1.29 is 9.48 Å². The predicted octanol–water partition coefficient (Wildman–Crippen LogP) is 8.35. The van der Waals surface area contributed by atoms with Gasteiger partial charge in [0.25, 0.3) is 0 Å². The number of benzene rings is 2. The molecule has 6 heteroatoms. The third-order valence-electron chi connectivity index (χ3n) is 7.81. The number of nitrogens with one attached hydrogen (secondary N) is 1. The van der Waals surface area contributed by atoms with Crippen LogP contribution in [0.2, 0.25) is 0 Å². The first-order valence-corrected chi connectivity index (χ1v) is 18.8. The average Bonchev–Trinajstić information content (AvgIpc) is 3.54. The van der Waals surface area contributed by atoms with Gasteiger partial charge >= 0.3 is 0 Å². The van der Waals surface area contributed by atoms with Gasteiger partial charge in [-0.05, 0) is 86.6 Å². The lowest BCUT2D eigenvalue weighted by atomic mass is 10.1. The van der Waals surface area contributed by atoms with E-state index in [1.54, 1.807) is 0 Å². The van der Waals surface area contributed by atoms with Gasteiger partial charge in [-0.2, -0.15) is 0 Å². The molecule has 1 aliphatic rings. The maximum absolute atomic E-state index is 4.08. The summed E-state index contributed by atoms with van der Waals surface area (Å²) in [4.78, 5) is 6.13. The van der Waals surface area contributed by atoms with Crippen LogP contribution in [0, 0.1) is 0 Å². The molecule has 240 valence electrons. The number of unbranched alkanes of at least 4 members (excludes halogenated alkanes) is 2. The van der Waals surface area contributed by atoms with Gasteiger partial charge in [0.2, 0.25) is 0 Å². The number of quaternary nitrogens is 1. The zero-order valence-corrected chi connectivity index (χ0v) is 29.6. The van der Waals surface area contributed by atoms with E-state index >= 15 is 0 Å². The summed E-state index contributed by atoms with van der Waals surface area (Å²) >= 11 is 0. The predicted molar refractivity (Wildman–Crippen MR) is 206 cm³/mol. The van der Waals surface area contributed by atoms with Crippen LogP contribution in [-0.2, 0) is 0 Å². The highest BCUT2D eigenvalue weighted by Gasteiger charge is 2.06. The van der Waals surface area contributed by atoms with Crippen LogP contribution < -0.4 is 14.7 Å². The Labute approximate surface area is 281 Å². The molecule has 2 aromatic rings. The molecule has 0 saturated carbocycles.